The van der Waals surface area contributed by atoms with Crippen LogP contribution in [0.1, 0.15) is 10.4 Å². The lowest BCUT2D eigenvalue weighted by molar-refractivity contribution is -0.125. The molecule has 2 heterocycles. The van der Waals surface area contributed by atoms with E-state index < -0.39 is 22.8 Å². The number of esters is 1. The topological polar surface area (TPSA) is 107 Å². The zero-order valence-electron chi connectivity index (χ0n) is 17.0. The molecule has 0 atom stereocenters. The van der Waals surface area contributed by atoms with Gasteiger partial charge in [-0.15, -0.1) is 0 Å². The van der Waals surface area contributed by atoms with Crippen molar-refractivity contribution in [1.29, 1.82) is 0 Å². The number of aryl methyl sites for hydroxylation is 1. The van der Waals surface area contributed by atoms with E-state index in [1.54, 1.807) is 47.4 Å². The number of anilines is 1. The molecule has 9 heteroatoms. The highest BCUT2D eigenvalue weighted by molar-refractivity contribution is 5.99. The van der Waals surface area contributed by atoms with Crippen LogP contribution in [0.5, 0.6) is 17.2 Å². The van der Waals surface area contributed by atoms with Crippen LogP contribution in [0.25, 0.3) is 10.9 Å². The number of nitrogens with zero attached hydrogens (tertiary/aromatic N) is 2. The molecule has 0 saturated carbocycles. The van der Waals surface area contributed by atoms with Crippen molar-refractivity contribution in [3.05, 3.63) is 58.4 Å². The Kier molecular flexibility index (Phi) is 5.35. The molecule has 2 aromatic carbocycles. The van der Waals surface area contributed by atoms with Crippen molar-refractivity contribution >= 4 is 28.5 Å². The van der Waals surface area contributed by atoms with Crippen LogP contribution in [-0.4, -0.2) is 48.4 Å². The van der Waals surface area contributed by atoms with E-state index in [2.05, 4.69) is 4.74 Å². The highest BCUT2D eigenvalue weighted by atomic mass is 16.5. The first-order valence-electron chi connectivity index (χ1n) is 9.50. The van der Waals surface area contributed by atoms with Crippen molar-refractivity contribution in [1.82, 2.24) is 4.57 Å². The first kappa shape index (κ1) is 20.4. The predicted octanol–water partition coefficient (Wildman–Crippen LogP) is 2.19. The quantitative estimate of drug-likeness (QED) is 0.640. The third-order valence-electron chi connectivity index (χ3n) is 5.10. The first-order valence-corrected chi connectivity index (χ1v) is 9.50. The van der Waals surface area contributed by atoms with Crippen molar-refractivity contribution in [3.63, 3.8) is 0 Å². The average molecular weight is 424 g/mol. The lowest BCUT2D eigenvalue weighted by atomic mass is 10.1. The molecule has 160 valence electrons. The second-order valence-electron chi connectivity index (χ2n) is 6.95. The molecule has 31 heavy (non-hydrogen) atoms. The maximum absolute atomic E-state index is 12.5. The molecular formula is C22H20N2O7. The summed E-state index contributed by atoms with van der Waals surface area (Å²) in [6, 6.07) is 11.8. The monoisotopic (exact) mass is 424 g/mol. The summed E-state index contributed by atoms with van der Waals surface area (Å²) in [7, 11) is 2.64. The Bertz CT molecular complexity index is 1230. The molecule has 1 aliphatic heterocycles. The smallest absolute Gasteiger partial charge is 0.347 e. The van der Waals surface area contributed by atoms with Crippen LogP contribution in [0.15, 0.2) is 47.3 Å². The minimum Gasteiger partial charge on any atom is -0.506 e. The van der Waals surface area contributed by atoms with Gasteiger partial charge in [0.25, 0.3) is 11.5 Å². The SMILES string of the molecule is COC(=O)c1c(O)c2ccc(Oc3ccc(N4CCOCC4=O)cc3)cc2n(C)c1=O. The molecule has 0 bridgehead atoms. The lowest BCUT2D eigenvalue weighted by Crippen LogP contribution is -2.41. The zero-order valence-corrected chi connectivity index (χ0v) is 17.0. The normalized spacial score (nSPS) is 14.0. The van der Waals surface area contributed by atoms with E-state index in [0.29, 0.717) is 35.6 Å². The van der Waals surface area contributed by atoms with Crippen LogP contribution in [0.3, 0.4) is 0 Å². The van der Waals surface area contributed by atoms with Gasteiger partial charge in [0.05, 0.1) is 19.2 Å². The van der Waals surface area contributed by atoms with Crippen molar-refractivity contribution in [3.8, 4) is 17.2 Å². The Morgan fingerprint density at radius 3 is 2.48 bits per heavy atom. The van der Waals surface area contributed by atoms with Gasteiger partial charge < -0.3 is 28.8 Å². The summed E-state index contributed by atoms with van der Waals surface area (Å²) < 4.78 is 16.9. The number of hydrogen-bond acceptors (Lipinski definition) is 7. The maximum atomic E-state index is 12.5. The fourth-order valence-corrected chi connectivity index (χ4v) is 3.47. The van der Waals surface area contributed by atoms with Gasteiger partial charge in [-0.2, -0.15) is 0 Å². The standard InChI is InChI=1S/C22H20N2O7/c1-23-17-11-15(7-8-16(17)20(26)19(21(23)27)22(28)29-2)31-14-5-3-13(4-6-14)24-9-10-30-12-18(24)25/h3-8,11,26H,9-10,12H2,1-2H3. The molecule has 0 unspecified atom stereocenters. The van der Waals surface area contributed by atoms with Gasteiger partial charge in [-0.1, -0.05) is 0 Å². The average Bonchev–Trinajstić information content (AvgIpc) is 2.78. The van der Waals surface area contributed by atoms with Gasteiger partial charge >= 0.3 is 5.97 Å². The van der Waals surface area contributed by atoms with Crippen LogP contribution < -0.4 is 15.2 Å². The third kappa shape index (κ3) is 3.71. The van der Waals surface area contributed by atoms with E-state index in [0.717, 1.165) is 12.8 Å². The van der Waals surface area contributed by atoms with Crippen LogP contribution in [0.2, 0.25) is 0 Å². The minimum absolute atomic E-state index is 0.0681. The third-order valence-corrected chi connectivity index (χ3v) is 5.10. The van der Waals surface area contributed by atoms with Crippen molar-refractivity contribution in [2.45, 2.75) is 0 Å². The molecular weight excluding hydrogens is 404 g/mol. The van der Waals surface area contributed by atoms with Gasteiger partial charge in [-0.05, 0) is 36.4 Å². The van der Waals surface area contributed by atoms with E-state index >= 15 is 0 Å². The van der Waals surface area contributed by atoms with E-state index in [1.807, 2.05) is 0 Å². The predicted molar refractivity (Wildman–Crippen MR) is 112 cm³/mol. The van der Waals surface area contributed by atoms with E-state index in [4.69, 9.17) is 9.47 Å². The number of fused-ring (bicyclic) bond motifs is 1. The summed E-state index contributed by atoms with van der Waals surface area (Å²) in [6.45, 7) is 1.05. The number of aromatic nitrogens is 1. The highest BCUT2D eigenvalue weighted by Crippen LogP contribution is 2.32. The summed E-state index contributed by atoms with van der Waals surface area (Å²) in [5.41, 5.74) is 0.0537. The highest BCUT2D eigenvalue weighted by Gasteiger charge is 2.22. The number of pyridine rings is 1. The molecule has 0 spiro atoms. The number of benzene rings is 2. The number of aromatic hydroxyl groups is 1. The molecule has 1 N–H and O–H groups in total. The van der Waals surface area contributed by atoms with Crippen LogP contribution >= 0.6 is 0 Å². The summed E-state index contributed by atoms with van der Waals surface area (Å²) >= 11 is 0. The number of methoxy groups -OCH3 is 1. The Hall–Kier alpha value is -3.85. The molecule has 1 fully saturated rings. The van der Waals surface area contributed by atoms with Gasteiger partial charge in [0.15, 0.2) is 5.56 Å². The summed E-state index contributed by atoms with van der Waals surface area (Å²) in [4.78, 5) is 38.0. The molecule has 1 aliphatic rings. The second-order valence-corrected chi connectivity index (χ2v) is 6.95. The number of rotatable bonds is 4. The second kappa shape index (κ2) is 8.11. The lowest BCUT2D eigenvalue weighted by Gasteiger charge is -2.26. The van der Waals surface area contributed by atoms with Crippen molar-refractivity contribution in [2.24, 2.45) is 7.05 Å². The summed E-state index contributed by atoms with van der Waals surface area (Å²) in [5, 5.41) is 10.7. The molecule has 1 saturated heterocycles. The molecule has 0 aliphatic carbocycles. The molecule has 0 radical (unpaired) electrons. The number of hydrogen-bond donors (Lipinski definition) is 1. The fraction of sp³-hybridized carbons (Fsp3) is 0.227. The largest absolute Gasteiger partial charge is 0.506 e. The minimum atomic E-state index is -0.904. The molecule has 9 nitrogen and oxygen atoms in total. The molecule has 1 aromatic heterocycles. The number of ether oxygens (including phenoxy) is 3. The van der Waals surface area contributed by atoms with E-state index in [1.165, 1.54) is 11.6 Å². The first-order chi connectivity index (χ1) is 14.9. The Labute approximate surface area is 177 Å². The van der Waals surface area contributed by atoms with E-state index in [-0.39, 0.29) is 12.5 Å². The molecule has 4 rings (SSSR count). The maximum Gasteiger partial charge on any atom is 0.347 e. The number of carbonyl (C=O) groups excluding carboxylic acids is 2. The van der Waals surface area contributed by atoms with Crippen LogP contribution in [-0.2, 0) is 21.3 Å². The van der Waals surface area contributed by atoms with Gasteiger partial charge in [0.1, 0.15) is 23.9 Å². The molecule has 3 aromatic rings. The Morgan fingerprint density at radius 2 is 1.81 bits per heavy atom. The number of morpholine rings is 1. The fourth-order valence-electron chi connectivity index (χ4n) is 3.47. The number of amides is 1. The van der Waals surface area contributed by atoms with Gasteiger partial charge in [0.2, 0.25) is 0 Å². The van der Waals surface area contributed by atoms with E-state index in [9.17, 15) is 19.5 Å². The number of carbonyl (C=O) groups is 2. The summed E-state index contributed by atoms with van der Waals surface area (Å²) in [5.74, 6) is -0.469. The Balaban J connectivity index is 1.63. The van der Waals surface area contributed by atoms with Crippen LogP contribution in [0.4, 0.5) is 5.69 Å². The van der Waals surface area contributed by atoms with Crippen LogP contribution in [0, 0.1) is 0 Å². The Morgan fingerprint density at radius 1 is 1.10 bits per heavy atom. The molecule has 1 amide bonds. The zero-order chi connectivity index (χ0) is 22.1. The van der Waals surface area contributed by atoms with Gasteiger partial charge in [-0.3, -0.25) is 9.59 Å². The van der Waals surface area contributed by atoms with Crippen molar-refractivity contribution < 1.29 is 28.9 Å². The van der Waals surface area contributed by atoms with Gasteiger partial charge in [-0.25, -0.2) is 4.79 Å². The summed E-state index contributed by atoms with van der Waals surface area (Å²) in [6.07, 6.45) is 0. The van der Waals surface area contributed by atoms with Crippen molar-refractivity contribution in [2.75, 3.05) is 31.8 Å². The van der Waals surface area contributed by atoms with Gasteiger partial charge in [0, 0.05) is 30.7 Å².